The summed E-state index contributed by atoms with van der Waals surface area (Å²) in [5.41, 5.74) is -0.862. The van der Waals surface area contributed by atoms with Crippen LogP contribution in [0.4, 0.5) is 18.0 Å². The largest absolute Gasteiger partial charge is 0.491 e. The fourth-order valence-corrected chi connectivity index (χ4v) is 3.65. The van der Waals surface area contributed by atoms with Crippen LogP contribution in [0.2, 0.25) is 5.02 Å². The molecule has 1 heterocycles. The van der Waals surface area contributed by atoms with E-state index in [4.69, 9.17) is 35.3 Å². The highest BCUT2D eigenvalue weighted by Crippen LogP contribution is 2.36. The predicted molar refractivity (Wildman–Crippen MR) is 129 cm³/mol. The number of amides is 1. The van der Waals surface area contributed by atoms with Gasteiger partial charge < -0.3 is 23.7 Å². The van der Waals surface area contributed by atoms with Crippen molar-refractivity contribution in [2.45, 2.75) is 26.1 Å². The Balaban J connectivity index is 2.12. The number of hydrogen-bond donors (Lipinski definition) is 2. The van der Waals surface area contributed by atoms with Gasteiger partial charge in [0.05, 0.1) is 12.2 Å². The molecule has 1 aromatic carbocycles. The molecule has 1 amide bonds. The highest BCUT2D eigenvalue weighted by molar-refractivity contribution is 7.88. The Bertz CT molecular complexity index is 1170. The molecule has 2 aromatic rings. The van der Waals surface area contributed by atoms with Crippen molar-refractivity contribution in [2.24, 2.45) is 0 Å². The van der Waals surface area contributed by atoms with E-state index in [9.17, 15) is 26.4 Å². The summed E-state index contributed by atoms with van der Waals surface area (Å²) in [7, 11) is -2.70. The summed E-state index contributed by atoms with van der Waals surface area (Å²) in [5, 5.41) is -0.420. The second-order valence-corrected chi connectivity index (χ2v) is 9.25. The minimum absolute atomic E-state index is 0.0150. The number of benzene rings is 1. The molecule has 16 heteroatoms. The quantitative estimate of drug-likeness (QED) is 0.297. The fourth-order valence-electron chi connectivity index (χ4n) is 2.69. The fraction of sp³-hybridized carbons (Fsp3) is 0.455. The minimum Gasteiger partial charge on any atom is -0.491 e. The standard InChI is InChI=1S/C22H27ClF3N3O8S/c1-3-34-8-4-7-28-38(31,32)29-21(30)36-14-15-5-6-17(35-10-9-33-2)12-19(15)37-20-18(23)11-16(13-27-20)22(24,25)26/h5-6,11-13,28H,3-4,7-10,14H2,1-2H3,(H,29,30). The van der Waals surface area contributed by atoms with Gasteiger partial charge in [0.15, 0.2) is 0 Å². The molecule has 0 unspecified atom stereocenters. The maximum atomic E-state index is 12.9. The van der Waals surface area contributed by atoms with Gasteiger partial charge >= 0.3 is 22.5 Å². The van der Waals surface area contributed by atoms with E-state index in [0.717, 1.165) is 0 Å². The van der Waals surface area contributed by atoms with Gasteiger partial charge in [0.1, 0.15) is 29.7 Å². The third-order valence-corrected chi connectivity index (χ3v) is 5.76. The highest BCUT2D eigenvalue weighted by Gasteiger charge is 2.32. The maximum Gasteiger partial charge on any atom is 0.422 e. The van der Waals surface area contributed by atoms with Crippen LogP contribution in [-0.4, -0.2) is 59.6 Å². The van der Waals surface area contributed by atoms with Crippen molar-refractivity contribution in [1.82, 2.24) is 14.4 Å². The van der Waals surface area contributed by atoms with Gasteiger partial charge in [0, 0.05) is 44.7 Å². The number of ether oxygens (including phenoxy) is 5. The number of halogens is 4. The molecule has 0 atom stereocenters. The summed E-state index contributed by atoms with van der Waals surface area (Å²) in [5.74, 6) is -0.0656. The predicted octanol–water partition coefficient (Wildman–Crippen LogP) is 4.06. The van der Waals surface area contributed by atoms with E-state index in [-0.39, 0.29) is 37.0 Å². The number of alkyl halides is 3. The summed E-state index contributed by atoms with van der Waals surface area (Å²) in [4.78, 5) is 15.7. The number of nitrogens with zero attached hydrogens (tertiary/aromatic N) is 1. The molecule has 0 saturated heterocycles. The number of nitrogens with one attached hydrogen (secondary N) is 2. The molecule has 2 N–H and O–H groups in total. The third-order valence-electron chi connectivity index (χ3n) is 4.47. The van der Waals surface area contributed by atoms with Crippen LogP contribution >= 0.6 is 11.6 Å². The molecule has 0 fully saturated rings. The molecular formula is C22H27ClF3N3O8S. The molecule has 0 saturated carbocycles. The molecule has 0 spiro atoms. The zero-order chi connectivity index (χ0) is 28.2. The van der Waals surface area contributed by atoms with Crippen molar-refractivity contribution < 1.29 is 50.1 Å². The first-order valence-electron chi connectivity index (χ1n) is 11.1. The van der Waals surface area contributed by atoms with Crippen LogP contribution in [0, 0.1) is 0 Å². The number of rotatable bonds is 15. The molecule has 212 valence electrons. The molecule has 38 heavy (non-hydrogen) atoms. The van der Waals surface area contributed by atoms with Crippen LogP contribution in [-0.2, 0) is 37.2 Å². The number of hydrogen-bond acceptors (Lipinski definition) is 9. The molecular weight excluding hydrogens is 559 g/mol. The number of carbonyl (C=O) groups is 1. The molecule has 0 aliphatic rings. The third kappa shape index (κ3) is 10.9. The van der Waals surface area contributed by atoms with E-state index in [1.165, 1.54) is 25.3 Å². The van der Waals surface area contributed by atoms with Gasteiger partial charge in [-0.05, 0) is 31.5 Å². The Morgan fingerprint density at radius 1 is 1.16 bits per heavy atom. The number of carbonyl (C=O) groups excluding carboxylic acids is 1. The molecule has 0 radical (unpaired) electrons. The highest BCUT2D eigenvalue weighted by atomic mass is 35.5. The Hall–Kier alpha value is -2.85. The summed E-state index contributed by atoms with van der Waals surface area (Å²) in [6.45, 7) is 2.66. The Labute approximate surface area is 222 Å². The summed E-state index contributed by atoms with van der Waals surface area (Å²) in [6, 6.07) is 4.98. The molecule has 11 nitrogen and oxygen atoms in total. The number of pyridine rings is 1. The molecule has 0 aliphatic carbocycles. The van der Waals surface area contributed by atoms with Gasteiger partial charge in [-0.15, -0.1) is 0 Å². The zero-order valence-electron chi connectivity index (χ0n) is 20.5. The van der Waals surface area contributed by atoms with E-state index in [1.54, 1.807) is 11.6 Å². The van der Waals surface area contributed by atoms with Gasteiger partial charge in [-0.2, -0.15) is 26.3 Å². The first-order chi connectivity index (χ1) is 17.9. The van der Waals surface area contributed by atoms with Crippen LogP contribution in [0.1, 0.15) is 24.5 Å². The first-order valence-corrected chi connectivity index (χ1v) is 13.0. The number of aromatic nitrogens is 1. The average molecular weight is 586 g/mol. The maximum absolute atomic E-state index is 12.9. The van der Waals surface area contributed by atoms with E-state index >= 15 is 0 Å². The molecule has 0 aliphatic heterocycles. The second-order valence-electron chi connectivity index (χ2n) is 7.35. The van der Waals surface area contributed by atoms with Gasteiger partial charge in [-0.25, -0.2) is 14.5 Å². The van der Waals surface area contributed by atoms with E-state index in [1.807, 2.05) is 0 Å². The second kappa shape index (κ2) is 14.9. The van der Waals surface area contributed by atoms with Gasteiger partial charge in [-0.3, -0.25) is 0 Å². The average Bonchev–Trinajstić information content (AvgIpc) is 2.84. The first kappa shape index (κ1) is 31.4. The Morgan fingerprint density at radius 3 is 2.58 bits per heavy atom. The SMILES string of the molecule is CCOCCCNS(=O)(=O)NC(=O)OCc1ccc(OCCOC)cc1Oc1ncc(C(F)(F)F)cc1Cl. The number of methoxy groups -OCH3 is 1. The van der Waals surface area contributed by atoms with Crippen molar-refractivity contribution in [3.63, 3.8) is 0 Å². The van der Waals surface area contributed by atoms with Crippen molar-refractivity contribution in [3.8, 4) is 17.4 Å². The Morgan fingerprint density at radius 2 is 1.92 bits per heavy atom. The Kier molecular flexibility index (Phi) is 12.3. The van der Waals surface area contributed by atoms with Crippen LogP contribution in [0.5, 0.6) is 17.4 Å². The smallest absolute Gasteiger partial charge is 0.422 e. The van der Waals surface area contributed by atoms with Gasteiger partial charge in [0.2, 0.25) is 5.88 Å². The minimum atomic E-state index is -4.66. The molecule has 1 aromatic heterocycles. The lowest BCUT2D eigenvalue weighted by Crippen LogP contribution is -2.41. The zero-order valence-corrected chi connectivity index (χ0v) is 22.0. The van der Waals surface area contributed by atoms with Crippen LogP contribution in [0.15, 0.2) is 30.5 Å². The van der Waals surface area contributed by atoms with E-state index in [0.29, 0.717) is 37.6 Å². The van der Waals surface area contributed by atoms with Gasteiger partial charge in [-0.1, -0.05) is 11.6 Å². The summed E-state index contributed by atoms with van der Waals surface area (Å²) >= 11 is 5.94. The van der Waals surface area contributed by atoms with Crippen LogP contribution < -0.4 is 18.9 Å². The lowest BCUT2D eigenvalue weighted by atomic mass is 10.2. The van der Waals surface area contributed by atoms with Crippen molar-refractivity contribution in [2.75, 3.05) is 40.1 Å². The van der Waals surface area contributed by atoms with E-state index in [2.05, 4.69) is 9.71 Å². The van der Waals surface area contributed by atoms with Crippen molar-refractivity contribution in [3.05, 3.63) is 46.6 Å². The van der Waals surface area contributed by atoms with Crippen LogP contribution in [0.3, 0.4) is 0 Å². The lowest BCUT2D eigenvalue weighted by molar-refractivity contribution is -0.137. The normalized spacial score (nSPS) is 11.7. The summed E-state index contributed by atoms with van der Waals surface area (Å²) in [6.07, 6.45) is -4.99. The molecule has 0 bridgehead atoms. The molecule has 2 rings (SSSR count). The van der Waals surface area contributed by atoms with Crippen molar-refractivity contribution in [1.29, 1.82) is 0 Å². The van der Waals surface area contributed by atoms with Crippen LogP contribution in [0.25, 0.3) is 0 Å². The van der Waals surface area contributed by atoms with Crippen molar-refractivity contribution >= 4 is 27.9 Å². The van der Waals surface area contributed by atoms with E-state index < -0.39 is 39.7 Å². The monoisotopic (exact) mass is 585 g/mol. The topological polar surface area (TPSA) is 134 Å². The summed E-state index contributed by atoms with van der Waals surface area (Å²) < 4.78 is 92.7. The van der Waals surface area contributed by atoms with Gasteiger partial charge in [0.25, 0.3) is 0 Å². The lowest BCUT2D eigenvalue weighted by Gasteiger charge is -2.15.